The van der Waals surface area contributed by atoms with Gasteiger partial charge in [-0.1, -0.05) is 6.07 Å². The van der Waals surface area contributed by atoms with Gasteiger partial charge in [-0.3, -0.25) is 4.68 Å². The van der Waals surface area contributed by atoms with Gasteiger partial charge in [-0.15, -0.1) is 11.8 Å². The fourth-order valence-corrected chi connectivity index (χ4v) is 2.63. The molecule has 0 aliphatic carbocycles. The number of aromatic carboxylic acids is 1. The average molecular weight is 291 g/mol. The Morgan fingerprint density at radius 1 is 1.50 bits per heavy atom. The number of hydrogen-bond acceptors (Lipinski definition) is 4. The lowest BCUT2D eigenvalue weighted by Crippen LogP contribution is -2.10. The number of carboxylic acids is 1. The van der Waals surface area contributed by atoms with E-state index in [1.54, 1.807) is 10.7 Å². The predicted molar refractivity (Wildman–Crippen MR) is 80.6 cm³/mol. The van der Waals surface area contributed by atoms with E-state index in [0.717, 1.165) is 16.9 Å². The van der Waals surface area contributed by atoms with Gasteiger partial charge in [-0.2, -0.15) is 5.10 Å². The van der Waals surface area contributed by atoms with Gasteiger partial charge < -0.3 is 10.4 Å². The summed E-state index contributed by atoms with van der Waals surface area (Å²) in [5.74, 6) is -0.904. The lowest BCUT2D eigenvalue weighted by Gasteiger charge is -2.11. The molecule has 0 saturated heterocycles. The molecule has 2 aromatic rings. The van der Waals surface area contributed by atoms with Crippen LogP contribution >= 0.6 is 11.8 Å². The summed E-state index contributed by atoms with van der Waals surface area (Å²) >= 11 is 1.44. The third-order valence-electron chi connectivity index (χ3n) is 2.95. The molecule has 6 heteroatoms. The molecule has 106 valence electrons. The minimum absolute atomic E-state index is 0.339. The Labute approximate surface area is 122 Å². The highest BCUT2D eigenvalue weighted by Gasteiger charge is 2.14. The third kappa shape index (κ3) is 3.33. The van der Waals surface area contributed by atoms with Crippen molar-refractivity contribution in [3.8, 4) is 0 Å². The molecule has 20 heavy (non-hydrogen) atoms. The standard InChI is InChI=1S/C14H17N3O2S/c1-17-9-10(8-16-17)6-7-15-11-4-3-5-12(20-2)13(11)14(18)19/h3-5,8-9,15H,6-7H2,1-2H3,(H,18,19). The second kappa shape index (κ2) is 6.47. The Morgan fingerprint density at radius 3 is 2.90 bits per heavy atom. The van der Waals surface area contributed by atoms with E-state index in [1.807, 2.05) is 37.8 Å². The summed E-state index contributed by atoms with van der Waals surface area (Å²) in [6.07, 6.45) is 6.45. The Hall–Kier alpha value is -1.95. The number of nitrogens with one attached hydrogen (secondary N) is 1. The number of anilines is 1. The molecule has 2 N–H and O–H groups in total. The van der Waals surface area contributed by atoms with E-state index in [-0.39, 0.29) is 0 Å². The van der Waals surface area contributed by atoms with Crippen LogP contribution in [0.4, 0.5) is 5.69 Å². The summed E-state index contributed by atoms with van der Waals surface area (Å²) in [5, 5.41) is 16.6. The highest BCUT2D eigenvalue weighted by atomic mass is 32.2. The van der Waals surface area contributed by atoms with Crippen molar-refractivity contribution in [2.45, 2.75) is 11.3 Å². The largest absolute Gasteiger partial charge is 0.478 e. The molecule has 0 bridgehead atoms. The monoisotopic (exact) mass is 291 g/mol. The molecule has 2 rings (SSSR count). The van der Waals surface area contributed by atoms with Gasteiger partial charge >= 0.3 is 5.97 Å². The summed E-state index contributed by atoms with van der Waals surface area (Å²) in [6, 6.07) is 5.48. The maximum Gasteiger partial charge on any atom is 0.338 e. The molecule has 0 unspecified atom stereocenters. The topological polar surface area (TPSA) is 67.2 Å². The molecule has 0 amide bonds. The Bertz CT molecular complexity index is 610. The number of nitrogens with zero attached hydrogens (tertiary/aromatic N) is 2. The van der Waals surface area contributed by atoms with Crippen LogP contribution in [0.15, 0.2) is 35.5 Å². The van der Waals surface area contributed by atoms with Crippen LogP contribution in [-0.4, -0.2) is 33.7 Å². The maximum absolute atomic E-state index is 11.4. The van der Waals surface area contributed by atoms with Gasteiger partial charge in [-0.05, 0) is 30.4 Å². The molecule has 0 atom stereocenters. The van der Waals surface area contributed by atoms with Gasteiger partial charge in [-0.25, -0.2) is 4.79 Å². The van der Waals surface area contributed by atoms with E-state index in [9.17, 15) is 9.90 Å². The van der Waals surface area contributed by atoms with Crippen molar-refractivity contribution >= 4 is 23.4 Å². The Morgan fingerprint density at radius 2 is 2.30 bits per heavy atom. The van der Waals surface area contributed by atoms with Gasteiger partial charge in [0.05, 0.1) is 11.8 Å². The number of rotatable bonds is 6. The molecule has 0 fully saturated rings. The van der Waals surface area contributed by atoms with E-state index in [2.05, 4.69) is 10.4 Å². The molecule has 0 radical (unpaired) electrons. The summed E-state index contributed by atoms with van der Waals surface area (Å²) in [6.45, 7) is 0.670. The second-order valence-corrected chi connectivity index (χ2v) is 5.24. The quantitative estimate of drug-likeness (QED) is 0.800. The van der Waals surface area contributed by atoms with E-state index >= 15 is 0 Å². The summed E-state index contributed by atoms with van der Waals surface area (Å²) in [4.78, 5) is 12.1. The number of hydrogen-bond donors (Lipinski definition) is 2. The Kier molecular flexibility index (Phi) is 4.68. The first-order chi connectivity index (χ1) is 9.61. The molecule has 0 aliphatic rings. The summed E-state index contributed by atoms with van der Waals surface area (Å²) in [7, 11) is 1.88. The third-order valence-corrected chi connectivity index (χ3v) is 3.73. The van der Waals surface area contributed by atoms with Gasteiger partial charge in [0.2, 0.25) is 0 Å². The molecule has 0 aliphatic heterocycles. The molecule has 0 spiro atoms. The van der Waals surface area contributed by atoms with Crippen LogP contribution in [0.5, 0.6) is 0 Å². The Balaban J connectivity index is 2.07. The van der Waals surface area contributed by atoms with Gasteiger partial charge in [0.1, 0.15) is 0 Å². The molecule has 1 heterocycles. The van der Waals surface area contributed by atoms with Crippen LogP contribution < -0.4 is 5.32 Å². The van der Waals surface area contributed by atoms with Crippen LogP contribution in [0.2, 0.25) is 0 Å². The number of aryl methyl sites for hydroxylation is 1. The van der Waals surface area contributed by atoms with Gasteiger partial charge in [0.25, 0.3) is 0 Å². The number of carboxylic acid groups (broad SMARTS) is 1. The SMILES string of the molecule is CSc1cccc(NCCc2cnn(C)c2)c1C(=O)O. The van der Waals surface area contributed by atoms with Gasteiger partial charge in [0.15, 0.2) is 0 Å². The predicted octanol–water partition coefficient (Wildman–Crippen LogP) is 2.49. The van der Waals surface area contributed by atoms with Crippen molar-refractivity contribution in [1.29, 1.82) is 0 Å². The maximum atomic E-state index is 11.4. The number of benzene rings is 1. The molecular formula is C14H17N3O2S. The fraction of sp³-hybridized carbons (Fsp3) is 0.286. The molecule has 5 nitrogen and oxygen atoms in total. The molecule has 0 saturated carbocycles. The normalized spacial score (nSPS) is 10.5. The highest BCUT2D eigenvalue weighted by molar-refractivity contribution is 7.98. The van der Waals surface area contributed by atoms with E-state index in [0.29, 0.717) is 17.8 Å². The zero-order valence-corrected chi connectivity index (χ0v) is 12.3. The van der Waals surface area contributed by atoms with Crippen molar-refractivity contribution < 1.29 is 9.90 Å². The van der Waals surface area contributed by atoms with Crippen molar-refractivity contribution in [2.24, 2.45) is 7.05 Å². The van der Waals surface area contributed by atoms with Crippen LogP contribution in [-0.2, 0) is 13.5 Å². The van der Waals surface area contributed by atoms with E-state index in [1.165, 1.54) is 11.8 Å². The fourth-order valence-electron chi connectivity index (χ4n) is 2.01. The number of aromatic nitrogens is 2. The minimum Gasteiger partial charge on any atom is -0.478 e. The summed E-state index contributed by atoms with van der Waals surface area (Å²) in [5.41, 5.74) is 2.12. The van der Waals surface area contributed by atoms with Crippen LogP contribution in [0, 0.1) is 0 Å². The first kappa shape index (κ1) is 14.5. The van der Waals surface area contributed by atoms with Crippen molar-refractivity contribution in [2.75, 3.05) is 18.1 Å². The lowest BCUT2D eigenvalue weighted by molar-refractivity contribution is 0.0694. The second-order valence-electron chi connectivity index (χ2n) is 4.39. The van der Waals surface area contributed by atoms with Crippen LogP contribution in [0.25, 0.3) is 0 Å². The van der Waals surface area contributed by atoms with Crippen molar-refractivity contribution in [3.63, 3.8) is 0 Å². The molecular weight excluding hydrogens is 274 g/mol. The summed E-state index contributed by atoms with van der Waals surface area (Å²) < 4.78 is 1.76. The van der Waals surface area contributed by atoms with Crippen LogP contribution in [0.3, 0.4) is 0 Å². The lowest BCUT2D eigenvalue weighted by atomic mass is 10.1. The molecule has 1 aromatic heterocycles. The highest BCUT2D eigenvalue weighted by Crippen LogP contribution is 2.27. The first-order valence-electron chi connectivity index (χ1n) is 6.23. The smallest absolute Gasteiger partial charge is 0.338 e. The zero-order valence-electron chi connectivity index (χ0n) is 11.5. The molecule has 1 aromatic carbocycles. The van der Waals surface area contributed by atoms with Crippen molar-refractivity contribution in [3.05, 3.63) is 41.7 Å². The minimum atomic E-state index is -0.904. The van der Waals surface area contributed by atoms with Gasteiger partial charge in [0, 0.05) is 30.4 Å². The average Bonchev–Trinajstić information content (AvgIpc) is 2.83. The number of carbonyl (C=O) groups is 1. The first-order valence-corrected chi connectivity index (χ1v) is 7.46. The zero-order chi connectivity index (χ0) is 14.5. The van der Waals surface area contributed by atoms with Crippen molar-refractivity contribution in [1.82, 2.24) is 9.78 Å². The number of thioether (sulfide) groups is 1. The van der Waals surface area contributed by atoms with Crippen LogP contribution in [0.1, 0.15) is 15.9 Å². The van der Waals surface area contributed by atoms with E-state index in [4.69, 9.17) is 0 Å². The van der Waals surface area contributed by atoms with E-state index < -0.39 is 5.97 Å².